The lowest BCUT2D eigenvalue weighted by atomic mass is 9.94. The van der Waals surface area contributed by atoms with Gasteiger partial charge in [-0.15, -0.1) is 0 Å². The zero-order valence-electron chi connectivity index (χ0n) is 10.4. The molecule has 3 heterocycles. The number of fused-ring (bicyclic) bond motifs is 1. The highest BCUT2D eigenvalue weighted by Crippen LogP contribution is 2.19. The van der Waals surface area contributed by atoms with Crippen LogP contribution in [0.3, 0.4) is 0 Å². The molecule has 0 aliphatic carbocycles. The van der Waals surface area contributed by atoms with Crippen LogP contribution in [0.15, 0.2) is 6.33 Å². The summed E-state index contributed by atoms with van der Waals surface area (Å²) in [5, 5.41) is 7.42. The maximum Gasteiger partial charge on any atom is 0.252 e. The Balaban J connectivity index is 1.98. The second-order valence-corrected chi connectivity index (χ2v) is 4.85. The van der Waals surface area contributed by atoms with E-state index in [2.05, 4.69) is 20.4 Å². The summed E-state index contributed by atoms with van der Waals surface area (Å²) in [5.74, 6) is 0.689. The molecule has 1 aliphatic heterocycles. The summed E-state index contributed by atoms with van der Waals surface area (Å²) in [7, 11) is 0. The number of hydrogen-bond acceptors (Lipinski definition) is 4. The molecule has 3 rings (SSSR count). The second kappa shape index (κ2) is 4.61. The number of nitrogens with one attached hydrogen (secondary N) is 1. The Morgan fingerprint density at radius 2 is 2.44 bits per heavy atom. The van der Waals surface area contributed by atoms with Gasteiger partial charge in [0.1, 0.15) is 6.33 Å². The third-order valence-electron chi connectivity index (χ3n) is 3.51. The van der Waals surface area contributed by atoms with Gasteiger partial charge in [-0.25, -0.2) is 9.37 Å². The number of aryl methyl sites for hydroxylation is 1. The number of halogens is 1. The van der Waals surface area contributed by atoms with Crippen molar-refractivity contribution >= 4 is 5.78 Å². The summed E-state index contributed by atoms with van der Waals surface area (Å²) in [6, 6.07) is 0. The Morgan fingerprint density at radius 3 is 3.22 bits per heavy atom. The van der Waals surface area contributed by atoms with E-state index in [1.54, 1.807) is 6.92 Å². The topological polar surface area (TPSA) is 55.1 Å². The van der Waals surface area contributed by atoms with Crippen LogP contribution < -0.4 is 5.32 Å². The molecule has 1 N–H and O–H groups in total. The largest absolute Gasteiger partial charge is 0.316 e. The first-order valence-electron chi connectivity index (χ1n) is 6.31. The minimum Gasteiger partial charge on any atom is -0.316 e. The average molecular weight is 249 g/mol. The Hall–Kier alpha value is -1.56. The van der Waals surface area contributed by atoms with Gasteiger partial charge < -0.3 is 5.32 Å². The van der Waals surface area contributed by atoms with Crippen molar-refractivity contribution in [1.29, 1.82) is 0 Å². The van der Waals surface area contributed by atoms with Gasteiger partial charge in [0.15, 0.2) is 5.82 Å². The van der Waals surface area contributed by atoms with E-state index in [1.165, 1.54) is 10.8 Å². The number of nitrogens with zero attached hydrogens (tertiary/aromatic N) is 4. The Morgan fingerprint density at radius 1 is 1.56 bits per heavy atom. The van der Waals surface area contributed by atoms with Crippen molar-refractivity contribution in [3.63, 3.8) is 0 Å². The molecule has 1 aliphatic rings. The normalized spacial score (nSPS) is 20.4. The zero-order chi connectivity index (χ0) is 12.5. The molecule has 1 saturated heterocycles. The van der Waals surface area contributed by atoms with E-state index in [9.17, 15) is 4.39 Å². The van der Waals surface area contributed by atoms with Crippen LogP contribution in [0.1, 0.15) is 24.2 Å². The minimum absolute atomic E-state index is 0.251. The summed E-state index contributed by atoms with van der Waals surface area (Å²) in [6.45, 7) is 3.68. The lowest BCUT2D eigenvalue weighted by Crippen LogP contribution is -2.31. The molecule has 5 nitrogen and oxygen atoms in total. The first-order valence-corrected chi connectivity index (χ1v) is 6.31. The van der Waals surface area contributed by atoms with E-state index >= 15 is 0 Å². The van der Waals surface area contributed by atoms with Crippen LogP contribution in [0.25, 0.3) is 5.78 Å². The Labute approximate surface area is 104 Å². The molecule has 18 heavy (non-hydrogen) atoms. The van der Waals surface area contributed by atoms with Crippen molar-refractivity contribution < 1.29 is 4.39 Å². The summed E-state index contributed by atoms with van der Waals surface area (Å²) in [6.07, 6.45) is 4.38. The van der Waals surface area contributed by atoms with Crippen molar-refractivity contribution in [3.8, 4) is 0 Å². The molecule has 0 amide bonds. The SMILES string of the molecule is Cc1nc2ncnn2c(CC2CCCNC2)c1F. The van der Waals surface area contributed by atoms with E-state index in [1.807, 2.05) is 0 Å². The molecule has 0 bridgehead atoms. The monoisotopic (exact) mass is 249 g/mol. The molecule has 1 atom stereocenters. The fourth-order valence-corrected chi connectivity index (χ4v) is 2.55. The van der Waals surface area contributed by atoms with E-state index in [0.717, 1.165) is 25.9 Å². The molecule has 0 aromatic carbocycles. The minimum atomic E-state index is -0.251. The molecule has 2 aromatic heterocycles. The van der Waals surface area contributed by atoms with Gasteiger partial charge in [0.2, 0.25) is 0 Å². The fraction of sp³-hybridized carbons (Fsp3) is 0.583. The van der Waals surface area contributed by atoms with Crippen molar-refractivity contribution in [2.45, 2.75) is 26.2 Å². The molecule has 1 unspecified atom stereocenters. The molecule has 0 saturated carbocycles. The van der Waals surface area contributed by atoms with E-state index in [-0.39, 0.29) is 5.82 Å². The second-order valence-electron chi connectivity index (χ2n) is 4.85. The lowest BCUT2D eigenvalue weighted by Gasteiger charge is -2.23. The first kappa shape index (κ1) is 11.5. The Kier molecular flexibility index (Phi) is 2.95. The van der Waals surface area contributed by atoms with Gasteiger partial charge in [-0.05, 0) is 45.2 Å². The maximum atomic E-state index is 14.2. The molecular formula is C12H16FN5. The van der Waals surface area contributed by atoms with E-state index < -0.39 is 0 Å². The predicted molar refractivity (Wildman–Crippen MR) is 64.8 cm³/mol. The van der Waals surface area contributed by atoms with Gasteiger partial charge in [0.05, 0.1) is 11.4 Å². The summed E-state index contributed by atoms with van der Waals surface area (Å²) < 4.78 is 15.7. The van der Waals surface area contributed by atoms with Crippen LogP contribution in [0.5, 0.6) is 0 Å². The number of aromatic nitrogens is 4. The third-order valence-corrected chi connectivity index (χ3v) is 3.51. The van der Waals surface area contributed by atoms with Crippen molar-refractivity contribution in [2.75, 3.05) is 13.1 Å². The van der Waals surface area contributed by atoms with E-state index in [4.69, 9.17) is 0 Å². The molecule has 2 aromatic rings. The smallest absolute Gasteiger partial charge is 0.252 e. The highest BCUT2D eigenvalue weighted by molar-refractivity contribution is 5.31. The van der Waals surface area contributed by atoms with Gasteiger partial charge in [-0.2, -0.15) is 14.6 Å². The standard InChI is InChI=1S/C12H16FN5/c1-8-11(13)10(5-9-3-2-4-14-6-9)18-12(17-8)15-7-16-18/h7,9,14H,2-6H2,1H3. The summed E-state index contributed by atoms with van der Waals surface area (Å²) >= 11 is 0. The maximum absolute atomic E-state index is 14.2. The highest BCUT2D eigenvalue weighted by Gasteiger charge is 2.20. The Bertz CT molecular complexity index is 559. The number of piperidine rings is 1. The van der Waals surface area contributed by atoms with Crippen LogP contribution in [-0.4, -0.2) is 32.7 Å². The van der Waals surface area contributed by atoms with Crippen molar-refractivity contribution in [2.24, 2.45) is 5.92 Å². The first-order chi connectivity index (χ1) is 8.75. The molecule has 0 spiro atoms. The predicted octanol–water partition coefficient (Wildman–Crippen LogP) is 1.11. The van der Waals surface area contributed by atoms with Crippen molar-refractivity contribution in [3.05, 3.63) is 23.5 Å². The van der Waals surface area contributed by atoms with Gasteiger partial charge in [0, 0.05) is 0 Å². The van der Waals surface area contributed by atoms with Gasteiger partial charge in [-0.3, -0.25) is 0 Å². The molecule has 96 valence electrons. The highest BCUT2D eigenvalue weighted by atomic mass is 19.1. The number of hydrogen-bond donors (Lipinski definition) is 1. The van der Waals surface area contributed by atoms with E-state index in [0.29, 0.717) is 29.5 Å². The molecule has 1 fully saturated rings. The summed E-state index contributed by atoms with van der Waals surface area (Å²) in [4.78, 5) is 8.12. The van der Waals surface area contributed by atoms with Crippen LogP contribution in [-0.2, 0) is 6.42 Å². The zero-order valence-corrected chi connectivity index (χ0v) is 10.4. The van der Waals surface area contributed by atoms with Crippen LogP contribution in [0.4, 0.5) is 4.39 Å². The summed E-state index contributed by atoms with van der Waals surface area (Å²) in [5.41, 5.74) is 0.998. The lowest BCUT2D eigenvalue weighted by molar-refractivity contribution is 0.365. The van der Waals surface area contributed by atoms with Crippen LogP contribution in [0.2, 0.25) is 0 Å². The van der Waals surface area contributed by atoms with Gasteiger partial charge >= 0.3 is 0 Å². The quantitative estimate of drug-likeness (QED) is 0.866. The fourth-order valence-electron chi connectivity index (χ4n) is 2.55. The van der Waals surface area contributed by atoms with Crippen molar-refractivity contribution in [1.82, 2.24) is 24.9 Å². The van der Waals surface area contributed by atoms with Gasteiger partial charge in [0.25, 0.3) is 5.78 Å². The molecular weight excluding hydrogens is 233 g/mol. The number of rotatable bonds is 2. The van der Waals surface area contributed by atoms with Crippen LogP contribution in [0, 0.1) is 18.7 Å². The average Bonchev–Trinajstić information content (AvgIpc) is 2.84. The van der Waals surface area contributed by atoms with Gasteiger partial charge in [-0.1, -0.05) is 0 Å². The molecule has 6 heteroatoms. The molecule has 0 radical (unpaired) electrons. The third kappa shape index (κ3) is 1.96. The van der Waals surface area contributed by atoms with Crippen LogP contribution >= 0.6 is 0 Å².